The highest BCUT2D eigenvalue weighted by Gasteiger charge is 2.31. The van der Waals surface area contributed by atoms with Crippen molar-refractivity contribution < 1.29 is 28.5 Å². The van der Waals surface area contributed by atoms with Gasteiger partial charge >= 0.3 is 5.97 Å². The maximum Gasteiger partial charge on any atom is 0.337 e. The third-order valence-electron chi connectivity index (χ3n) is 6.93. The number of carbonyl (C=O) groups excluding carboxylic acids is 1. The Hall–Kier alpha value is -3.81. The molecule has 0 fully saturated rings. The normalized spacial score (nSPS) is 14.2. The van der Waals surface area contributed by atoms with Crippen LogP contribution in [0, 0.1) is 3.57 Å². The molecule has 1 aliphatic heterocycles. The first-order valence-corrected chi connectivity index (χ1v) is 16.9. The van der Waals surface area contributed by atoms with Crippen molar-refractivity contribution in [3.8, 4) is 23.0 Å². The van der Waals surface area contributed by atoms with Crippen LogP contribution in [0.1, 0.15) is 43.5 Å². The summed E-state index contributed by atoms with van der Waals surface area (Å²) in [7, 11) is 1.29. The quantitative estimate of drug-likeness (QED) is 0.128. The third-order valence-corrected chi connectivity index (χ3v) is 8.93. The van der Waals surface area contributed by atoms with Gasteiger partial charge in [0.2, 0.25) is 0 Å². The van der Waals surface area contributed by atoms with E-state index in [-0.39, 0.29) is 11.1 Å². The zero-order valence-electron chi connectivity index (χ0n) is 25.7. The first kappa shape index (κ1) is 33.6. The molecule has 0 radical (unpaired) electrons. The van der Waals surface area contributed by atoms with Gasteiger partial charge < -0.3 is 23.7 Å². The highest BCUT2D eigenvalue weighted by molar-refractivity contribution is 14.1. The maximum atomic E-state index is 14.0. The lowest BCUT2D eigenvalue weighted by molar-refractivity contribution is -0.136. The Kier molecular flexibility index (Phi) is 11.1. The largest absolute Gasteiger partial charge is 0.490 e. The van der Waals surface area contributed by atoms with Crippen LogP contribution in [-0.2, 0) is 16.1 Å². The molecule has 240 valence electrons. The molecule has 1 atom stereocenters. The maximum absolute atomic E-state index is 14.0. The number of hydrogen-bond donors (Lipinski definition) is 0. The van der Waals surface area contributed by atoms with Gasteiger partial charge in [0.05, 0.1) is 48.1 Å². The molecule has 0 N–H and O–H groups in total. The highest BCUT2D eigenvalue weighted by atomic mass is 127. The van der Waals surface area contributed by atoms with Crippen LogP contribution in [0.4, 0.5) is 0 Å². The molecule has 9 nitrogen and oxygen atoms in total. The summed E-state index contributed by atoms with van der Waals surface area (Å²) in [5.41, 5.74) is 2.16. The van der Waals surface area contributed by atoms with Crippen molar-refractivity contribution in [1.82, 2.24) is 4.57 Å². The van der Waals surface area contributed by atoms with Crippen LogP contribution in [0.3, 0.4) is 0 Å². The summed E-state index contributed by atoms with van der Waals surface area (Å²) in [5.74, 6) is 1.36. The summed E-state index contributed by atoms with van der Waals surface area (Å²) in [6.45, 7) is 7.20. The molecule has 0 bridgehead atoms. The fourth-order valence-corrected chi connectivity index (χ4v) is 6.55. The van der Waals surface area contributed by atoms with Gasteiger partial charge in [0, 0.05) is 9.77 Å². The predicted octanol–water partition coefficient (Wildman–Crippen LogP) is 6.05. The summed E-state index contributed by atoms with van der Waals surface area (Å²) < 4.78 is 31.6. The molecule has 0 amide bonds. The van der Waals surface area contributed by atoms with Crippen molar-refractivity contribution in [3.05, 3.63) is 111 Å². The van der Waals surface area contributed by atoms with Crippen LogP contribution in [-0.4, -0.2) is 37.5 Å². The highest BCUT2D eigenvalue weighted by Crippen LogP contribution is 2.38. The lowest BCUT2D eigenvalue weighted by atomic mass is 9.97. The number of aromatic nitrogens is 1. The van der Waals surface area contributed by atoms with E-state index in [0.29, 0.717) is 74.9 Å². The molecule has 3 aromatic carbocycles. The minimum atomic E-state index is -0.805. The van der Waals surface area contributed by atoms with Gasteiger partial charge in [-0.15, -0.1) is 0 Å². The van der Waals surface area contributed by atoms with Gasteiger partial charge in [-0.3, -0.25) is 9.36 Å². The van der Waals surface area contributed by atoms with Crippen LogP contribution >= 0.6 is 45.5 Å². The van der Waals surface area contributed by atoms with Crippen molar-refractivity contribution >= 4 is 57.6 Å². The average Bonchev–Trinajstić information content (AvgIpc) is 3.36. The zero-order valence-corrected chi connectivity index (χ0v) is 29.4. The van der Waals surface area contributed by atoms with Crippen molar-refractivity contribution in [2.75, 3.05) is 26.9 Å². The summed E-state index contributed by atoms with van der Waals surface area (Å²) >= 11 is 10.2. The Balaban J connectivity index is 1.57. The molecule has 2 heterocycles. The van der Waals surface area contributed by atoms with E-state index < -0.39 is 12.0 Å². The Morgan fingerprint density at radius 3 is 2.35 bits per heavy atom. The molecule has 12 heteroatoms. The van der Waals surface area contributed by atoms with E-state index >= 15 is 0 Å². The van der Waals surface area contributed by atoms with E-state index in [9.17, 15) is 9.59 Å². The van der Waals surface area contributed by atoms with Gasteiger partial charge in [-0.2, -0.15) is 0 Å². The molecule has 0 spiro atoms. The molecule has 0 aliphatic carbocycles. The van der Waals surface area contributed by atoms with E-state index in [1.165, 1.54) is 29.2 Å². The van der Waals surface area contributed by atoms with E-state index in [4.69, 9.17) is 35.3 Å². The predicted molar refractivity (Wildman–Crippen MR) is 186 cm³/mol. The van der Waals surface area contributed by atoms with E-state index in [0.717, 1.165) is 9.13 Å². The summed E-state index contributed by atoms with van der Waals surface area (Å²) in [5, 5.41) is 0.346. The van der Waals surface area contributed by atoms with Crippen LogP contribution in [0.25, 0.3) is 6.08 Å². The lowest BCUT2D eigenvalue weighted by Gasteiger charge is -2.23. The average molecular weight is 775 g/mol. The van der Waals surface area contributed by atoms with E-state index in [2.05, 4.69) is 27.6 Å². The Morgan fingerprint density at radius 2 is 1.65 bits per heavy atom. The van der Waals surface area contributed by atoms with Crippen LogP contribution in [0.15, 0.2) is 76.2 Å². The molecule has 1 aromatic heterocycles. The minimum Gasteiger partial charge on any atom is -0.490 e. The van der Waals surface area contributed by atoms with Gasteiger partial charge in [0.15, 0.2) is 27.8 Å². The van der Waals surface area contributed by atoms with Crippen molar-refractivity contribution in [2.24, 2.45) is 4.99 Å². The molecule has 46 heavy (non-hydrogen) atoms. The van der Waals surface area contributed by atoms with Crippen LogP contribution in [0.2, 0.25) is 5.02 Å². The number of esters is 1. The molecule has 5 rings (SSSR count). The fourth-order valence-electron chi connectivity index (χ4n) is 4.95. The number of rotatable bonds is 12. The molecule has 1 aliphatic rings. The number of carbonyl (C=O) groups is 1. The second-order valence-electron chi connectivity index (χ2n) is 9.93. The Labute approximate surface area is 288 Å². The third kappa shape index (κ3) is 7.26. The summed E-state index contributed by atoms with van der Waals surface area (Å²) in [4.78, 5) is 31.8. The smallest absolute Gasteiger partial charge is 0.337 e. The number of benzene rings is 3. The first-order chi connectivity index (χ1) is 22.3. The second-order valence-corrected chi connectivity index (χ2v) is 12.6. The Bertz CT molecular complexity index is 1950. The van der Waals surface area contributed by atoms with Gasteiger partial charge in [-0.05, 0) is 103 Å². The number of thiazole rings is 1. The number of nitrogens with zero attached hydrogens (tertiary/aromatic N) is 2. The van der Waals surface area contributed by atoms with E-state index in [1.807, 2.05) is 45.0 Å². The Morgan fingerprint density at radius 1 is 0.957 bits per heavy atom. The SMILES string of the molecule is CCOc1ccc([C@H]2C(C(=O)OC)=CN=c3s/c(=C\c4cc(Cl)c(OCc5ccc(I)cc5)c(OCC)c4)c(=O)n32)cc1OCC. The van der Waals surface area contributed by atoms with Crippen LogP contribution < -0.4 is 33.8 Å². The van der Waals surface area contributed by atoms with Gasteiger partial charge in [-0.1, -0.05) is 41.1 Å². The summed E-state index contributed by atoms with van der Waals surface area (Å²) in [6.07, 6.45) is 3.18. The molecular weight excluding hydrogens is 743 g/mol. The number of halogens is 2. The topological polar surface area (TPSA) is 97.6 Å². The monoisotopic (exact) mass is 774 g/mol. The number of methoxy groups -OCH3 is 1. The molecular formula is C34H32ClIN2O7S. The second kappa shape index (κ2) is 15.2. The standard InChI is InChI=1S/C34H32ClIN2O7S/c1-5-42-26-13-10-22(17-27(26)43-6-2)30-24(33(40)41-4)18-37-34-38(30)32(39)29(46-34)16-21-14-25(35)31(28(15-21)44-7-3)45-19-20-8-11-23(36)12-9-20/h8-18,30H,5-7,19H2,1-4H3/b29-16-/t30-/m0/s1. The molecule has 0 saturated carbocycles. The molecule has 4 aromatic rings. The van der Waals surface area contributed by atoms with Gasteiger partial charge in [-0.25, -0.2) is 9.79 Å². The van der Waals surface area contributed by atoms with Crippen LogP contribution in [0.5, 0.6) is 23.0 Å². The number of hydrogen-bond acceptors (Lipinski definition) is 9. The van der Waals surface area contributed by atoms with Gasteiger partial charge in [0.25, 0.3) is 5.56 Å². The van der Waals surface area contributed by atoms with Crippen molar-refractivity contribution in [1.29, 1.82) is 0 Å². The lowest BCUT2D eigenvalue weighted by Crippen LogP contribution is -2.39. The van der Waals surface area contributed by atoms with E-state index in [1.54, 1.807) is 36.4 Å². The minimum absolute atomic E-state index is 0.212. The van der Waals surface area contributed by atoms with Gasteiger partial charge in [0.1, 0.15) is 6.61 Å². The van der Waals surface area contributed by atoms with Crippen molar-refractivity contribution in [2.45, 2.75) is 33.4 Å². The number of ether oxygens (including phenoxy) is 5. The molecule has 0 saturated heterocycles. The summed E-state index contributed by atoms with van der Waals surface area (Å²) in [6, 6.07) is 16.1. The zero-order chi connectivity index (χ0) is 32.8. The number of fused-ring (bicyclic) bond motifs is 1. The molecule has 0 unspecified atom stereocenters. The fraction of sp³-hybridized carbons (Fsp3) is 0.265. The first-order valence-electron chi connectivity index (χ1n) is 14.6. The van der Waals surface area contributed by atoms with Crippen molar-refractivity contribution in [3.63, 3.8) is 0 Å².